The Hall–Kier alpha value is -0.360. The van der Waals surface area contributed by atoms with E-state index in [0.717, 1.165) is 5.01 Å². The van der Waals surface area contributed by atoms with Gasteiger partial charge in [0, 0.05) is 0 Å². The first kappa shape index (κ1) is 10.6. The minimum atomic E-state index is -2.60. The van der Waals surface area contributed by atoms with E-state index in [-0.39, 0.29) is 0 Å². The molecule has 0 saturated heterocycles. The van der Waals surface area contributed by atoms with E-state index in [1.165, 1.54) is 7.05 Å². The normalized spacial score (nSPS) is 12.0. The molecule has 0 atom stereocenters. The van der Waals surface area contributed by atoms with E-state index in [1.54, 1.807) is 0 Å². The first-order valence-electron chi connectivity index (χ1n) is 3.05. The summed E-state index contributed by atoms with van der Waals surface area (Å²) >= 11 is 0. The Morgan fingerprint density at radius 1 is 1.09 bits per heavy atom. The summed E-state index contributed by atoms with van der Waals surface area (Å²) in [6, 6.07) is 0. The molecule has 6 heteroatoms. The van der Waals surface area contributed by atoms with Crippen molar-refractivity contribution >= 4 is 0 Å². The summed E-state index contributed by atoms with van der Waals surface area (Å²) in [5.74, 6) is 0. The van der Waals surface area contributed by atoms with Crippen molar-refractivity contribution in [3.63, 3.8) is 0 Å². The monoisotopic (exact) mass is 174 g/mol. The zero-order valence-corrected chi connectivity index (χ0v) is 6.03. The summed E-state index contributed by atoms with van der Waals surface area (Å²) in [6.45, 7) is -1.36. The number of hydrazine groups is 1. The molecule has 0 unspecified atom stereocenters. The second-order valence-corrected chi connectivity index (χ2v) is 1.91. The molecule has 0 aromatic rings. The SMILES string of the molecule is CNN(CC(F)F)CC(F)F. The first-order chi connectivity index (χ1) is 5.06. The number of hydrogen-bond acceptors (Lipinski definition) is 2. The zero-order chi connectivity index (χ0) is 8.85. The summed E-state index contributed by atoms with van der Waals surface area (Å²) < 4.78 is 46.4. The minimum absolute atomic E-state index is 0.680. The lowest BCUT2D eigenvalue weighted by Gasteiger charge is -2.19. The molecule has 0 aliphatic carbocycles. The van der Waals surface area contributed by atoms with Crippen LogP contribution in [-0.2, 0) is 0 Å². The summed E-state index contributed by atoms with van der Waals surface area (Å²) in [5, 5.41) is 0.773. The Kier molecular flexibility index (Phi) is 5.14. The van der Waals surface area contributed by atoms with E-state index in [4.69, 9.17) is 0 Å². The Morgan fingerprint density at radius 3 is 1.64 bits per heavy atom. The fraction of sp³-hybridized carbons (Fsp3) is 1.00. The molecule has 2 nitrogen and oxygen atoms in total. The molecular formula is C5H10F4N2. The molecule has 68 valence electrons. The van der Waals surface area contributed by atoms with Gasteiger partial charge in [-0.1, -0.05) is 0 Å². The number of nitrogens with zero attached hydrogens (tertiary/aromatic N) is 1. The van der Waals surface area contributed by atoms with Gasteiger partial charge in [0.15, 0.2) is 0 Å². The van der Waals surface area contributed by atoms with E-state index < -0.39 is 25.9 Å². The van der Waals surface area contributed by atoms with Gasteiger partial charge in [-0.25, -0.2) is 22.6 Å². The quantitative estimate of drug-likeness (QED) is 0.493. The second-order valence-electron chi connectivity index (χ2n) is 1.91. The van der Waals surface area contributed by atoms with Gasteiger partial charge in [-0.3, -0.25) is 5.43 Å². The van der Waals surface area contributed by atoms with Crippen molar-refractivity contribution in [2.45, 2.75) is 12.9 Å². The predicted octanol–water partition coefficient (Wildman–Crippen LogP) is 0.953. The molecule has 0 bridgehead atoms. The molecule has 0 heterocycles. The molecule has 1 N–H and O–H groups in total. The largest absolute Gasteiger partial charge is 0.258 e. The third-order valence-corrected chi connectivity index (χ3v) is 1.03. The fourth-order valence-corrected chi connectivity index (χ4v) is 0.590. The number of halogens is 4. The van der Waals surface area contributed by atoms with Gasteiger partial charge in [0.05, 0.1) is 13.1 Å². The number of alkyl halides is 4. The lowest BCUT2D eigenvalue weighted by atomic mass is 10.5. The molecule has 0 aromatic carbocycles. The van der Waals surface area contributed by atoms with Crippen LogP contribution in [0.4, 0.5) is 17.6 Å². The Labute approximate surface area is 62.1 Å². The van der Waals surface area contributed by atoms with Gasteiger partial charge in [0.2, 0.25) is 0 Å². The van der Waals surface area contributed by atoms with Crippen molar-refractivity contribution in [3.05, 3.63) is 0 Å². The van der Waals surface area contributed by atoms with Crippen molar-refractivity contribution in [1.82, 2.24) is 10.4 Å². The van der Waals surface area contributed by atoms with Crippen LogP contribution < -0.4 is 5.43 Å². The number of nitrogens with one attached hydrogen (secondary N) is 1. The van der Waals surface area contributed by atoms with Crippen molar-refractivity contribution in [1.29, 1.82) is 0 Å². The third kappa shape index (κ3) is 6.05. The van der Waals surface area contributed by atoms with E-state index in [2.05, 4.69) is 5.43 Å². The van der Waals surface area contributed by atoms with Crippen molar-refractivity contribution in [3.8, 4) is 0 Å². The molecule has 0 saturated carbocycles. The second kappa shape index (κ2) is 5.31. The van der Waals surface area contributed by atoms with Crippen molar-refractivity contribution in [2.75, 3.05) is 20.1 Å². The topological polar surface area (TPSA) is 15.3 Å². The Bertz CT molecular complexity index is 88.5. The van der Waals surface area contributed by atoms with E-state index >= 15 is 0 Å². The Morgan fingerprint density at radius 2 is 1.45 bits per heavy atom. The molecule has 0 fully saturated rings. The minimum Gasteiger partial charge on any atom is -0.258 e. The summed E-state index contributed by atoms with van der Waals surface area (Å²) in [7, 11) is 1.32. The van der Waals surface area contributed by atoms with Crippen LogP contribution in [-0.4, -0.2) is 38.0 Å². The van der Waals surface area contributed by atoms with Gasteiger partial charge in [0.1, 0.15) is 0 Å². The van der Waals surface area contributed by atoms with Crippen LogP contribution in [0.1, 0.15) is 0 Å². The molecular weight excluding hydrogens is 164 g/mol. The smallest absolute Gasteiger partial charge is 0.252 e. The van der Waals surface area contributed by atoms with Gasteiger partial charge in [-0.15, -0.1) is 0 Å². The summed E-state index contributed by atoms with van der Waals surface area (Å²) in [6.07, 6.45) is -5.19. The third-order valence-electron chi connectivity index (χ3n) is 1.03. The number of rotatable bonds is 5. The van der Waals surface area contributed by atoms with Crippen LogP contribution in [0.5, 0.6) is 0 Å². The van der Waals surface area contributed by atoms with Gasteiger partial charge in [-0.05, 0) is 7.05 Å². The van der Waals surface area contributed by atoms with Crippen molar-refractivity contribution in [2.24, 2.45) is 0 Å². The summed E-state index contributed by atoms with van der Waals surface area (Å²) in [5.41, 5.74) is 2.24. The van der Waals surface area contributed by atoms with Crippen LogP contribution >= 0.6 is 0 Å². The van der Waals surface area contributed by atoms with Gasteiger partial charge in [0.25, 0.3) is 12.9 Å². The Balaban J connectivity index is 3.58. The van der Waals surface area contributed by atoms with E-state index in [9.17, 15) is 17.6 Å². The molecule has 0 rings (SSSR count). The van der Waals surface area contributed by atoms with Crippen LogP contribution in [0.25, 0.3) is 0 Å². The summed E-state index contributed by atoms with van der Waals surface area (Å²) in [4.78, 5) is 0. The van der Waals surface area contributed by atoms with E-state index in [0.29, 0.717) is 0 Å². The highest BCUT2D eigenvalue weighted by Gasteiger charge is 2.14. The lowest BCUT2D eigenvalue weighted by Crippen LogP contribution is -2.41. The lowest BCUT2D eigenvalue weighted by molar-refractivity contribution is 0.0215. The van der Waals surface area contributed by atoms with Crippen LogP contribution in [0, 0.1) is 0 Å². The molecule has 0 spiro atoms. The van der Waals surface area contributed by atoms with Crippen molar-refractivity contribution < 1.29 is 17.6 Å². The molecule has 0 aliphatic rings. The van der Waals surface area contributed by atoms with Gasteiger partial charge >= 0.3 is 0 Å². The highest BCUT2D eigenvalue weighted by Crippen LogP contribution is 1.99. The van der Waals surface area contributed by atoms with Crippen LogP contribution in [0.15, 0.2) is 0 Å². The highest BCUT2D eigenvalue weighted by molar-refractivity contribution is 4.53. The van der Waals surface area contributed by atoms with Gasteiger partial charge < -0.3 is 0 Å². The fourth-order valence-electron chi connectivity index (χ4n) is 0.590. The highest BCUT2D eigenvalue weighted by atomic mass is 19.3. The molecule has 0 radical (unpaired) electrons. The average Bonchev–Trinajstić information content (AvgIpc) is 1.84. The predicted molar refractivity (Wildman–Crippen MR) is 32.6 cm³/mol. The average molecular weight is 174 g/mol. The maximum Gasteiger partial charge on any atom is 0.252 e. The molecule has 0 aliphatic heterocycles. The van der Waals surface area contributed by atoms with E-state index in [1.807, 2.05) is 0 Å². The number of hydrogen-bond donors (Lipinski definition) is 1. The van der Waals surface area contributed by atoms with Crippen LogP contribution in [0.2, 0.25) is 0 Å². The molecule has 0 aromatic heterocycles. The standard InChI is InChI=1S/C5H10F4N2/c1-10-11(2-4(6)7)3-5(8)9/h4-5,10H,2-3H2,1H3. The maximum absolute atomic E-state index is 11.6. The maximum atomic E-state index is 11.6. The molecule has 11 heavy (non-hydrogen) atoms. The van der Waals surface area contributed by atoms with Crippen LogP contribution in [0.3, 0.4) is 0 Å². The zero-order valence-electron chi connectivity index (χ0n) is 6.03. The van der Waals surface area contributed by atoms with Gasteiger partial charge in [-0.2, -0.15) is 0 Å². The first-order valence-corrected chi connectivity index (χ1v) is 3.05. The molecule has 0 amide bonds.